The predicted octanol–water partition coefficient (Wildman–Crippen LogP) is 4.56. The normalized spacial score (nSPS) is 15.7. The van der Waals surface area contributed by atoms with E-state index in [2.05, 4.69) is 51.5 Å². The predicted molar refractivity (Wildman–Crippen MR) is 95.3 cm³/mol. The summed E-state index contributed by atoms with van der Waals surface area (Å²) in [6, 6.07) is 12.0. The minimum Gasteiger partial charge on any atom is -0.289 e. The molecule has 2 aromatic carbocycles. The molecule has 0 fully saturated rings. The molecular formula is C21H24NO+. The van der Waals surface area contributed by atoms with Crippen LogP contribution in [0.2, 0.25) is 0 Å². The van der Waals surface area contributed by atoms with E-state index in [1.54, 1.807) is 0 Å². The van der Waals surface area contributed by atoms with Gasteiger partial charge in [-0.05, 0) is 57.0 Å². The number of hydrogen-bond acceptors (Lipinski definition) is 1. The van der Waals surface area contributed by atoms with E-state index in [4.69, 9.17) is 0 Å². The summed E-state index contributed by atoms with van der Waals surface area (Å²) in [5, 5.41) is 0. The van der Waals surface area contributed by atoms with Crippen LogP contribution in [-0.4, -0.2) is 23.1 Å². The maximum atomic E-state index is 12.9. The van der Waals surface area contributed by atoms with Gasteiger partial charge in [0, 0.05) is 29.7 Å². The lowest BCUT2D eigenvalue weighted by molar-refractivity contribution is -0.403. The molecule has 0 N–H and O–H groups in total. The van der Waals surface area contributed by atoms with Crippen molar-refractivity contribution in [1.82, 2.24) is 0 Å². The number of carbonyl (C=O) groups is 1. The number of nitrogens with zero attached hydrogens (tertiary/aromatic N) is 1. The lowest BCUT2D eigenvalue weighted by Crippen LogP contribution is -2.25. The van der Waals surface area contributed by atoms with Gasteiger partial charge in [0.25, 0.3) is 0 Å². The van der Waals surface area contributed by atoms with E-state index in [-0.39, 0.29) is 11.2 Å². The molecular weight excluding hydrogens is 282 g/mol. The van der Waals surface area contributed by atoms with Crippen molar-refractivity contribution in [2.75, 3.05) is 7.05 Å². The summed E-state index contributed by atoms with van der Waals surface area (Å²) in [6.45, 7) is 10.7. The van der Waals surface area contributed by atoms with Gasteiger partial charge in [0.1, 0.15) is 7.05 Å². The standard InChI is InChI=1S/C21H24NO/c1-13-7-8-16(11-14(13)2)20(23)17-9-10-19-18(12-17)21(4,5)15(3)22(19)6/h7-12H,1-6H3/q+1. The first-order chi connectivity index (χ1) is 10.7. The number of benzene rings is 2. The second-order valence-corrected chi connectivity index (χ2v) is 7.13. The molecule has 2 nitrogen and oxygen atoms in total. The molecule has 0 spiro atoms. The third kappa shape index (κ3) is 2.33. The molecule has 118 valence electrons. The second-order valence-electron chi connectivity index (χ2n) is 7.13. The van der Waals surface area contributed by atoms with E-state index in [9.17, 15) is 4.79 Å². The molecule has 0 aliphatic carbocycles. The van der Waals surface area contributed by atoms with Crippen molar-refractivity contribution >= 4 is 17.2 Å². The highest BCUT2D eigenvalue weighted by Gasteiger charge is 2.41. The van der Waals surface area contributed by atoms with Gasteiger partial charge in [0.2, 0.25) is 5.69 Å². The van der Waals surface area contributed by atoms with Crippen LogP contribution in [0.25, 0.3) is 0 Å². The molecule has 1 heterocycles. The Labute approximate surface area is 138 Å². The Bertz CT molecular complexity index is 856. The van der Waals surface area contributed by atoms with Crippen LogP contribution in [0.5, 0.6) is 0 Å². The fraction of sp³-hybridized carbons (Fsp3) is 0.333. The largest absolute Gasteiger partial charge is 0.289 e. The van der Waals surface area contributed by atoms with Crippen molar-refractivity contribution in [2.45, 2.75) is 40.0 Å². The Morgan fingerprint density at radius 3 is 2.17 bits per heavy atom. The van der Waals surface area contributed by atoms with Crippen molar-refractivity contribution in [3.8, 4) is 0 Å². The summed E-state index contributed by atoms with van der Waals surface area (Å²) in [4.78, 5) is 12.9. The molecule has 0 atom stereocenters. The third-order valence-corrected chi connectivity index (χ3v) is 5.47. The van der Waals surface area contributed by atoms with Crippen LogP contribution in [0.4, 0.5) is 5.69 Å². The lowest BCUT2D eigenvalue weighted by atomic mass is 9.81. The summed E-state index contributed by atoms with van der Waals surface area (Å²) >= 11 is 0. The molecule has 2 aromatic rings. The summed E-state index contributed by atoms with van der Waals surface area (Å²) in [6.07, 6.45) is 0. The first kappa shape index (κ1) is 15.7. The van der Waals surface area contributed by atoms with E-state index < -0.39 is 0 Å². The molecule has 1 aliphatic heterocycles. The Hall–Kier alpha value is -2.22. The van der Waals surface area contributed by atoms with Gasteiger partial charge in [-0.3, -0.25) is 4.79 Å². The average Bonchev–Trinajstić information content (AvgIpc) is 2.70. The van der Waals surface area contributed by atoms with Crippen LogP contribution >= 0.6 is 0 Å². The van der Waals surface area contributed by atoms with Crippen molar-refractivity contribution in [3.63, 3.8) is 0 Å². The van der Waals surface area contributed by atoms with Gasteiger partial charge in [0.15, 0.2) is 11.5 Å². The molecule has 23 heavy (non-hydrogen) atoms. The van der Waals surface area contributed by atoms with Gasteiger partial charge in [-0.2, -0.15) is 0 Å². The van der Waals surface area contributed by atoms with Crippen LogP contribution in [0.1, 0.15) is 53.4 Å². The van der Waals surface area contributed by atoms with Crippen molar-refractivity contribution < 1.29 is 9.37 Å². The molecule has 1 aliphatic rings. The van der Waals surface area contributed by atoms with Crippen LogP contribution in [-0.2, 0) is 5.41 Å². The molecule has 0 radical (unpaired) electrons. The molecule has 0 aromatic heterocycles. The van der Waals surface area contributed by atoms with E-state index in [0.717, 1.165) is 16.7 Å². The number of aryl methyl sites for hydroxylation is 2. The van der Waals surface area contributed by atoms with Crippen LogP contribution in [0.3, 0.4) is 0 Å². The third-order valence-electron chi connectivity index (χ3n) is 5.47. The van der Waals surface area contributed by atoms with Crippen LogP contribution in [0, 0.1) is 13.8 Å². The summed E-state index contributed by atoms with van der Waals surface area (Å²) in [5.74, 6) is 0.0962. The lowest BCUT2D eigenvalue weighted by Gasteiger charge is -2.15. The SMILES string of the molecule is CC1=[N+](C)c2ccc(C(=O)c3ccc(C)c(C)c3)cc2C1(C)C. The first-order valence-electron chi connectivity index (χ1n) is 8.07. The Morgan fingerprint density at radius 2 is 1.52 bits per heavy atom. The molecule has 0 amide bonds. The fourth-order valence-electron chi connectivity index (χ4n) is 3.31. The fourth-order valence-corrected chi connectivity index (χ4v) is 3.31. The number of hydrogen-bond donors (Lipinski definition) is 0. The summed E-state index contributed by atoms with van der Waals surface area (Å²) in [7, 11) is 2.09. The molecule has 0 bridgehead atoms. The Kier molecular flexibility index (Phi) is 3.51. The van der Waals surface area contributed by atoms with Gasteiger partial charge < -0.3 is 0 Å². The number of rotatable bonds is 2. The topological polar surface area (TPSA) is 20.1 Å². The molecule has 0 unspecified atom stereocenters. The monoisotopic (exact) mass is 306 g/mol. The maximum absolute atomic E-state index is 12.9. The van der Waals surface area contributed by atoms with Crippen molar-refractivity contribution in [1.29, 1.82) is 0 Å². The molecule has 0 saturated carbocycles. The van der Waals surface area contributed by atoms with Crippen molar-refractivity contribution in [3.05, 3.63) is 64.2 Å². The molecule has 3 rings (SSSR count). The first-order valence-corrected chi connectivity index (χ1v) is 8.07. The maximum Gasteiger partial charge on any atom is 0.209 e. The highest BCUT2D eigenvalue weighted by Crippen LogP contribution is 2.39. The van der Waals surface area contributed by atoms with Gasteiger partial charge in [-0.1, -0.05) is 12.1 Å². The van der Waals surface area contributed by atoms with E-state index in [1.807, 2.05) is 31.2 Å². The van der Waals surface area contributed by atoms with E-state index >= 15 is 0 Å². The van der Waals surface area contributed by atoms with Crippen molar-refractivity contribution in [2.24, 2.45) is 0 Å². The smallest absolute Gasteiger partial charge is 0.209 e. The highest BCUT2D eigenvalue weighted by atomic mass is 16.1. The molecule has 2 heteroatoms. The Balaban J connectivity index is 2.06. The number of fused-ring (bicyclic) bond motifs is 1. The van der Waals surface area contributed by atoms with Gasteiger partial charge in [-0.25, -0.2) is 4.58 Å². The zero-order chi connectivity index (χ0) is 16.9. The average molecular weight is 306 g/mol. The van der Waals surface area contributed by atoms with Gasteiger partial charge in [0.05, 0.1) is 5.41 Å². The summed E-state index contributed by atoms with van der Waals surface area (Å²) < 4.78 is 2.22. The number of carbonyl (C=O) groups excluding carboxylic acids is 1. The zero-order valence-corrected chi connectivity index (χ0v) is 14.8. The minimum atomic E-state index is -0.0381. The Morgan fingerprint density at radius 1 is 0.913 bits per heavy atom. The minimum absolute atomic E-state index is 0.0381. The quantitative estimate of drug-likeness (QED) is 0.588. The van der Waals surface area contributed by atoms with Crippen LogP contribution < -0.4 is 0 Å². The van der Waals surface area contributed by atoms with E-state index in [0.29, 0.717) is 0 Å². The summed E-state index contributed by atoms with van der Waals surface area (Å²) in [5.41, 5.74) is 7.59. The zero-order valence-electron chi connectivity index (χ0n) is 14.8. The van der Waals surface area contributed by atoms with E-state index in [1.165, 1.54) is 22.5 Å². The van der Waals surface area contributed by atoms with Crippen LogP contribution in [0.15, 0.2) is 36.4 Å². The second kappa shape index (κ2) is 5.16. The highest BCUT2D eigenvalue weighted by molar-refractivity contribution is 6.09. The van der Waals surface area contributed by atoms with Gasteiger partial charge in [-0.15, -0.1) is 0 Å². The molecule has 0 saturated heterocycles. The van der Waals surface area contributed by atoms with Gasteiger partial charge >= 0.3 is 0 Å². The number of ketones is 1.